The van der Waals surface area contributed by atoms with E-state index >= 15 is 0 Å². The Balaban J connectivity index is 2.10. The van der Waals surface area contributed by atoms with Gasteiger partial charge in [0.15, 0.2) is 0 Å². The molecule has 84 valence electrons. The van der Waals surface area contributed by atoms with E-state index in [9.17, 15) is 0 Å². The Bertz CT molecular complexity index is 273. The Labute approximate surface area is 101 Å². The lowest BCUT2D eigenvalue weighted by atomic mass is 10.1. The fourth-order valence-corrected chi connectivity index (χ4v) is 1.97. The first-order valence-electron chi connectivity index (χ1n) is 5.65. The topological polar surface area (TPSA) is 12.0 Å². The summed E-state index contributed by atoms with van der Waals surface area (Å²) in [6, 6.07) is 8.68. The standard InChI is InChI=1S/C13H20BrN/c1-12-6-5-7-13(10-12)11-15-9-4-2-3-8-14/h5-7,10,15H,2-4,8-9,11H2,1H3. The molecule has 1 rings (SSSR count). The van der Waals surface area contributed by atoms with Gasteiger partial charge in [0.1, 0.15) is 0 Å². The summed E-state index contributed by atoms with van der Waals surface area (Å²) in [6.07, 6.45) is 3.87. The van der Waals surface area contributed by atoms with Gasteiger partial charge in [0.05, 0.1) is 0 Å². The normalized spacial score (nSPS) is 10.5. The Kier molecular flexibility index (Phi) is 6.69. The molecule has 0 spiro atoms. The number of benzene rings is 1. The first-order chi connectivity index (χ1) is 7.33. The van der Waals surface area contributed by atoms with Crippen molar-refractivity contribution >= 4 is 15.9 Å². The average Bonchev–Trinajstić information content (AvgIpc) is 2.23. The van der Waals surface area contributed by atoms with Gasteiger partial charge in [0.25, 0.3) is 0 Å². The predicted molar refractivity (Wildman–Crippen MR) is 70.5 cm³/mol. The molecule has 1 aromatic rings. The lowest BCUT2D eigenvalue weighted by molar-refractivity contribution is 0.619. The number of nitrogens with one attached hydrogen (secondary N) is 1. The molecule has 15 heavy (non-hydrogen) atoms. The monoisotopic (exact) mass is 269 g/mol. The third-order valence-electron chi connectivity index (χ3n) is 2.40. The molecule has 1 nitrogen and oxygen atoms in total. The quantitative estimate of drug-likeness (QED) is 0.589. The molecule has 1 aromatic carbocycles. The summed E-state index contributed by atoms with van der Waals surface area (Å²) >= 11 is 3.44. The predicted octanol–water partition coefficient (Wildman–Crippen LogP) is 3.65. The Morgan fingerprint density at radius 2 is 2.07 bits per heavy atom. The van der Waals surface area contributed by atoms with Gasteiger partial charge in [-0.1, -0.05) is 52.2 Å². The summed E-state index contributed by atoms with van der Waals surface area (Å²) in [7, 11) is 0. The summed E-state index contributed by atoms with van der Waals surface area (Å²) in [4.78, 5) is 0. The molecular formula is C13H20BrN. The van der Waals surface area contributed by atoms with Crippen LogP contribution in [0, 0.1) is 6.92 Å². The van der Waals surface area contributed by atoms with Crippen LogP contribution in [0.4, 0.5) is 0 Å². The van der Waals surface area contributed by atoms with Gasteiger partial charge in [-0.25, -0.2) is 0 Å². The highest BCUT2D eigenvalue weighted by molar-refractivity contribution is 9.09. The van der Waals surface area contributed by atoms with Crippen LogP contribution in [0.1, 0.15) is 30.4 Å². The Morgan fingerprint density at radius 1 is 1.20 bits per heavy atom. The van der Waals surface area contributed by atoms with Gasteiger partial charge >= 0.3 is 0 Å². The van der Waals surface area contributed by atoms with E-state index in [1.54, 1.807) is 0 Å². The lowest BCUT2D eigenvalue weighted by Gasteiger charge is -2.05. The van der Waals surface area contributed by atoms with Crippen molar-refractivity contribution in [2.45, 2.75) is 32.7 Å². The van der Waals surface area contributed by atoms with Crippen LogP contribution in [0.3, 0.4) is 0 Å². The van der Waals surface area contributed by atoms with Crippen LogP contribution in [-0.4, -0.2) is 11.9 Å². The second-order valence-electron chi connectivity index (χ2n) is 3.92. The summed E-state index contributed by atoms with van der Waals surface area (Å²) in [5, 5.41) is 4.60. The van der Waals surface area contributed by atoms with Crippen LogP contribution in [0.15, 0.2) is 24.3 Å². The van der Waals surface area contributed by atoms with Crippen molar-refractivity contribution in [3.63, 3.8) is 0 Å². The molecule has 0 heterocycles. The van der Waals surface area contributed by atoms with Crippen LogP contribution in [-0.2, 0) is 6.54 Å². The highest BCUT2D eigenvalue weighted by atomic mass is 79.9. The molecule has 0 aromatic heterocycles. The van der Waals surface area contributed by atoms with Crippen LogP contribution < -0.4 is 5.32 Å². The second kappa shape index (κ2) is 7.89. The van der Waals surface area contributed by atoms with Crippen molar-refractivity contribution in [2.75, 3.05) is 11.9 Å². The van der Waals surface area contributed by atoms with E-state index in [1.807, 2.05) is 0 Å². The molecule has 0 unspecified atom stereocenters. The van der Waals surface area contributed by atoms with E-state index in [2.05, 4.69) is 52.4 Å². The van der Waals surface area contributed by atoms with Crippen molar-refractivity contribution in [3.8, 4) is 0 Å². The van der Waals surface area contributed by atoms with Gasteiger partial charge in [-0.05, 0) is 31.9 Å². The van der Waals surface area contributed by atoms with Crippen molar-refractivity contribution in [1.29, 1.82) is 0 Å². The van der Waals surface area contributed by atoms with E-state index in [4.69, 9.17) is 0 Å². The third kappa shape index (κ3) is 5.95. The molecular weight excluding hydrogens is 250 g/mol. The molecule has 0 aliphatic heterocycles. The van der Waals surface area contributed by atoms with E-state index in [0.29, 0.717) is 0 Å². The summed E-state index contributed by atoms with van der Waals surface area (Å²) in [6.45, 7) is 4.26. The zero-order valence-corrected chi connectivity index (χ0v) is 11.0. The summed E-state index contributed by atoms with van der Waals surface area (Å²) < 4.78 is 0. The molecule has 2 heteroatoms. The molecule has 0 fully saturated rings. The molecule has 0 bridgehead atoms. The number of halogens is 1. The molecule has 0 atom stereocenters. The first kappa shape index (κ1) is 12.7. The maximum atomic E-state index is 3.47. The molecule has 0 saturated heterocycles. The van der Waals surface area contributed by atoms with Crippen molar-refractivity contribution in [1.82, 2.24) is 5.32 Å². The summed E-state index contributed by atoms with van der Waals surface area (Å²) in [5.41, 5.74) is 2.73. The molecule has 0 aliphatic carbocycles. The SMILES string of the molecule is Cc1cccc(CNCCCCCBr)c1. The number of alkyl halides is 1. The average molecular weight is 270 g/mol. The minimum absolute atomic E-state index is 0.996. The third-order valence-corrected chi connectivity index (χ3v) is 2.96. The van der Waals surface area contributed by atoms with Gasteiger partial charge < -0.3 is 5.32 Å². The summed E-state index contributed by atoms with van der Waals surface area (Å²) in [5.74, 6) is 0. The second-order valence-corrected chi connectivity index (χ2v) is 4.71. The van der Waals surface area contributed by atoms with Crippen LogP contribution in [0.25, 0.3) is 0 Å². The van der Waals surface area contributed by atoms with Gasteiger partial charge in [-0.3, -0.25) is 0 Å². The fourth-order valence-electron chi connectivity index (χ4n) is 1.58. The van der Waals surface area contributed by atoms with Crippen LogP contribution in [0.2, 0.25) is 0 Å². The van der Waals surface area contributed by atoms with E-state index in [-0.39, 0.29) is 0 Å². The molecule has 0 aliphatic rings. The van der Waals surface area contributed by atoms with Gasteiger partial charge in [-0.15, -0.1) is 0 Å². The molecule has 0 saturated carbocycles. The minimum Gasteiger partial charge on any atom is -0.313 e. The van der Waals surface area contributed by atoms with E-state index < -0.39 is 0 Å². The Morgan fingerprint density at radius 3 is 2.80 bits per heavy atom. The number of aryl methyl sites for hydroxylation is 1. The molecule has 1 N–H and O–H groups in total. The zero-order valence-electron chi connectivity index (χ0n) is 9.43. The van der Waals surface area contributed by atoms with Crippen molar-refractivity contribution in [3.05, 3.63) is 35.4 Å². The van der Waals surface area contributed by atoms with E-state index in [0.717, 1.165) is 18.4 Å². The number of unbranched alkanes of at least 4 members (excludes halogenated alkanes) is 2. The minimum atomic E-state index is 0.996. The first-order valence-corrected chi connectivity index (χ1v) is 6.77. The zero-order chi connectivity index (χ0) is 10.9. The van der Waals surface area contributed by atoms with Crippen molar-refractivity contribution < 1.29 is 0 Å². The maximum Gasteiger partial charge on any atom is 0.0205 e. The highest BCUT2D eigenvalue weighted by Gasteiger charge is 1.92. The molecule has 0 amide bonds. The number of hydrogen-bond acceptors (Lipinski definition) is 1. The largest absolute Gasteiger partial charge is 0.313 e. The number of hydrogen-bond donors (Lipinski definition) is 1. The lowest BCUT2D eigenvalue weighted by Crippen LogP contribution is -2.14. The van der Waals surface area contributed by atoms with Gasteiger partial charge in [0.2, 0.25) is 0 Å². The van der Waals surface area contributed by atoms with Crippen LogP contribution >= 0.6 is 15.9 Å². The molecule has 0 radical (unpaired) electrons. The fraction of sp³-hybridized carbons (Fsp3) is 0.538. The van der Waals surface area contributed by atoms with Gasteiger partial charge in [0, 0.05) is 11.9 Å². The smallest absolute Gasteiger partial charge is 0.0205 e. The number of rotatable bonds is 7. The maximum absolute atomic E-state index is 3.47. The van der Waals surface area contributed by atoms with E-state index in [1.165, 1.54) is 30.4 Å². The van der Waals surface area contributed by atoms with Gasteiger partial charge in [-0.2, -0.15) is 0 Å². The Hall–Kier alpha value is -0.340. The highest BCUT2D eigenvalue weighted by Crippen LogP contribution is 2.03. The van der Waals surface area contributed by atoms with Crippen LogP contribution in [0.5, 0.6) is 0 Å². The van der Waals surface area contributed by atoms with Crippen molar-refractivity contribution in [2.24, 2.45) is 0 Å².